The molecule has 2 rings (SSSR count). The molecule has 2 aromatic carbocycles. The summed E-state index contributed by atoms with van der Waals surface area (Å²) >= 11 is 0. The van der Waals surface area contributed by atoms with Gasteiger partial charge in [-0.1, -0.05) is 44.5 Å². The highest BCUT2D eigenvalue weighted by molar-refractivity contribution is 5.91. The number of benzene rings is 2. The molecule has 0 aromatic heterocycles. The summed E-state index contributed by atoms with van der Waals surface area (Å²) in [6.07, 6.45) is 0.291. The zero-order chi connectivity index (χ0) is 35.0. The molecule has 0 atom stereocenters. The smallest absolute Gasteiger partial charge is 0.419 e. The van der Waals surface area contributed by atoms with E-state index in [4.69, 9.17) is 28.4 Å². The van der Waals surface area contributed by atoms with Gasteiger partial charge in [0.15, 0.2) is 6.10 Å². The average molecular weight is 660 g/mol. The molecule has 0 radical (unpaired) electrons. The molecule has 0 fully saturated rings. The summed E-state index contributed by atoms with van der Waals surface area (Å²) in [6.45, 7) is 6.39. The molecule has 0 unspecified atom stereocenters. The molecule has 47 heavy (non-hydrogen) atoms. The first kappa shape index (κ1) is 38.5. The second-order valence-electron chi connectivity index (χ2n) is 11.7. The van der Waals surface area contributed by atoms with E-state index in [0.717, 1.165) is 21.2 Å². The number of carbonyl (C=O) groups excluding carboxylic acids is 6. The van der Waals surface area contributed by atoms with E-state index in [1.54, 1.807) is 7.11 Å². The fraction of sp³-hybridized carbons (Fsp3) is 0.529. The molecule has 2 amide bonds. The largest absolute Gasteiger partial charge is 0.497 e. The van der Waals surface area contributed by atoms with Gasteiger partial charge in [0.05, 0.1) is 13.5 Å². The van der Waals surface area contributed by atoms with E-state index < -0.39 is 54.2 Å². The summed E-state index contributed by atoms with van der Waals surface area (Å²) in [7, 11) is 1.58. The molecule has 0 aliphatic carbocycles. The Labute approximate surface area is 274 Å². The zero-order valence-electron chi connectivity index (χ0n) is 28.0. The van der Waals surface area contributed by atoms with Crippen molar-refractivity contribution in [3.8, 4) is 5.75 Å². The normalized spacial score (nSPS) is 11.0. The van der Waals surface area contributed by atoms with Crippen LogP contribution in [0.4, 0.5) is 4.79 Å². The number of nitrogens with zero attached hydrogens (tertiary/aromatic N) is 1. The highest BCUT2D eigenvalue weighted by atomic mass is 16.7. The maximum atomic E-state index is 12.6. The summed E-state index contributed by atoms with van der Waals surface area (Å²) in [5.74, 6) is -2.04. The molecule has 0 heterocycles. The van der Waals surface area contributed by atoms with Gasteiger partial charge in [-0.15, -0.1) is 0 Å². The first-order valence-electron chi connectivity index (χ1n) is 15.3. The van der Waals surface area contributed by atoms with Crippen LogP contribution in [0.2, 0.25) is 0 Å². The molecule has 0 spiro atoms. The van der Waals surface area contributed by atoms with E-state index in [1.807, 2.05) is 50.2 Å². The minimum Gasteiger partial charge on any atom is -0.497 e. The van der Waals surface area contributed by atoms with Crippen molar-refractivity contribution < 1.29 is 57.2 Å². The van der Waals surface area contributed by atoms with E-state index >= 15 is 0 Å². The molecule has 0 N–H and O–H groups in total. The second-order valence-corrected chi connectivity index (χ2v) is 11.7. The van der Waals surface area contributed by atoms with Crippen molar-refractivity contribution in [2.75, 3.05) is 33.7 Å². The van der Waals surface area contributed by atoms with Crippen LogP contribution in [-0.4, -0.2) is 80.5 Å². The summed E-state index contributed by atoms with van der Waals surface area (Å²) in [4.78, 5) is 72.7. The fourth-order valence-electron chi connectivity index (χ4n) is 4.68. The summed E-state index contributed by atoms with van der Waals surface area (Å²) < 4.78 is 30.5. The van der Waals surface area contributed by atoms with Crippen molar-refractivity contribution in [1.29, 1.82) is 0 Å². The fourth-order valence-corrected chi connectivity index (χ4v) is 4.68. The van der Waals surface area contributed by atoms with E-state index in [2.05, 4.69) is 0 Å². The van der Waals surface area contributed by atoms with Gasteiger partial charge in [0, 0.05) is 33.7 Å². The van der Waals surface area contributed by atoms with Gasteiger partial charge in [0.2, 0.25) is 12.7 Å². The number of esters is 4. The summed E-state index contributed by atoms with van der Waals surface area (Å²) in [5.41, 5.74) is 0.452. The lowest BCUT2D eigenvalue weighted by Crippen LogP contribution is -2.37. The van der Waals surface area contributed by atoms with Gasteiger partial charge < -0.3 is 28.4 Å². The first-order chi connectivity index (χ1) is 22.2. The Balaban J connectivity index is 1.74. The van der Waals surface area contributed by atoms with Crippen LogP contribution in [0.3, 0.4) is 0 Å². The highest BCUT2D eigenvalue weighted by Crippen LogP contribution is 2.29. The van der Waals surface area contributed by atoms with Gasteiger partial charge in [-0.05, 0) is 53.1 Å². The van der Waals surface area contributed by atoms with Crippen molar-refractivity contribution in [3.63, 3.8) is 0 Å². The molecule has 13 heteroatoms. The van der Waals surface area contributed by atoms with Crippen LogP contribution < -0.4 is 4.74 Å². The third-order valence-corrected chi connectivity index (χ3v) is 7.14. The third-order valence-electron chi connectivity index (χ3n) is 7.14. The van der Waals surface area contributed by atoms with Crippen LogP contribution in [0.5, 0.6) is 5.75 Å². The summed E-state index contributed by atoms with van der Waals surface area (Å²) in [6, 6.07) is 11.5. The maximum absolute atomic E-state index is 12.6. The number of unbranched alkanes of at least 4 members (excludes halogenated alkanes) is 1. The van der Waals surface area contributed by atoms with E-state index in [0.29, 0.717) is 31.4 Å². The summed E-state index contributed by atoms with van der Waals surface area (Å²) in [5, 5.41) is 1.94. The van der Waals surface area contributed by atoms with Crippen LogP contribution >= 0.6 is 0 Å². The van der Waals surface area contributed by atoms with Crippen LogP contribution in [0, 0.1) is 5.41 Å². The first-order valence-corrected chi connectivity index (χ1v) is 15.3. The van der Waals surface area contributed by atoms with Crippen molar-refractivity contribution in [2.45, 2.75) is 79.2 Å². The van der Waals surface area contributed by atoms with Gasteiger partial charge in [-0.3, -0.25) is 24.0 Å². The number of carbonyl (C=O) groups is 6. The lowest BCUT2D eigenvalue weighted by Gasteiger charge is -2.25. The van der Waals surface area contributed by atoms with Gasteiger partial charge in [-0.25, -0.2) is 9.69 Å². The predicted molar refractivity (Wildman–Crippen MR) is 169 cm³/mol. The van der Waals surface area contributed by atoms with Crippen molar-refractivity contribution in [3.05, 3.63) is 42.0 Å². The van der Waals surface area contributed by atoms with Crippen LogP contribution in [0.15, 0.2) is 36.4 Å². The lowest BCUT2D eigenvalue weighted by molar-refractivity contribution is -0.167. The van der Waals surface area contributed by atoms with E-state index in [9.17, 15) is 28.8 Å². The molecule has 0 saturated heterocycles. The Hall–Kier alpha value is -4.68. The van der Waals surface area contributed by atoms with Crippen LogP contribution in [-0.2, 0) is 54.1 Å². The second kappa shape index (κ2) is 19.1. The minimum atomic E-state index is -0.925. The van der Waals surface area contributed by atoms with Crippen molar-refractivity contribution >= 4 is 46.7 Å². The molecule has 2 aromatic rings. The van der Waals surface area contributed by atoms with E-state index in [1.165, 1.54) is 20.8 Å². The Morgan fingerprint density at radius 1 is 0.830 bits per heavy atom. The van der Waals surface area contributed by atoms with Gasteiger partial charge in [0.25, 0.3) is 0 Å². The maximum Gasteiger partial charge on any atom is 0.419 e. The van der Waals surface area contributed by atoms with E-state index in [-0.39, 0.29) is 32.6 Å². The molecule has 0 aliphatic heterocycles. The third kappa shape index (κ3) is 14.5. The number of fused-ring (bicyclic) bond motifs is 1. The number of hydrogen-bond acceptors (Lipinski definition) is 12. The molecule has 0 saturated carbocycles. The van der Waals surface area contributed by atoms with Crippen molar-refractivity contribution in [2.24, 2.45) is 5.41 Å². The molecular formula is C34H45NO12. The number of ether oxygens (including phenoxy) is 6. The topological polar surface area (TPSA) is 161 Å². The molecule has 0 bridgehead atoms. The molecular weight excluding hydrogens is 614 g/mol. The highest BCUT2D eigenvalue weighted by Gasteiger charge is 2.26. The SMILES string of the molecule is COc1ccc2cccc(CCN(C(C)=O)C(=O)OCOC(=O)CCCCC(C)(C)CC(=O)OC(COC(C)=O)COC(C)=O)c2c1. The van der Waals surface area contributed by atoms with Gasteiger partial charge in [0.1, 0.15) is 19.0 Å². The number of hydrogen-bond donors (Lipinski definition) is 0. The Morgan fingerprint density at radius 3 is 2.13 bits per heavy atom. The Kier molecular flexibility index (Phi) is 15.6. The lowest BCUT2D eigenvalue weighted by atomic mass is 9.83. The minimum absolute atomic E-state index is 0.0470. The standard InChI is InChI=1S/C34H45NO12/c1-23(36)35(17-15-27-11-9-10-26-13-14-28(42-6)18-30(26)27)33(41)46-22-45-31(39)12-7-8-16-34(4,5)19-32(40)47-29(20-43-24(2)37)21-44-25(3)38/h9-11,13-14,18,29H,7-8,12,15-17,19-22H2,1-6H3. The Bertz CT molecular complexity index is 1380. The van der Waals surface area contributed by atoms with Crippen LogP contribution in [0.25, 0.3) is 10.8 Å². The average Bonchev–Trinajstić information content (AvgIpc) is 3.00. The predicted octanol–water partition coefficient (Wildman–Crippen LogP) is 4.89. The van der Waals surface area contributed by atoms with Gasteiger partial charge in [-0.2, -0.15) is 0 Å². The Morgan fingerprint density at radius 2 is 1.51 bits per heavy atom. The molecule has 13 nitrogen and oxygen atoms in total. The van der Waals surface area contributed by atoms with Crippen LogP contribution in [0.1, 0.15) is 72.3 Å². The van der Waals surface area contributed by atoms with Gasteiger partial charge >= 0.3 is 30.0 Å². The quantitative estimate of drug-likeness (QED) is 0.0924. The molecule has 0 aliphatic rings. The zero-order valence-corrected chi connectivity index (χ0v) is 28.0. The number of imide groups is 1. The molecule has 258 valence electrons. The monoisotopic (exact) mass is 659 g/mol. The number of rotatable bonds is 18. The number of amides is 2. The number of methoxy groups -OCH3 is 1. The van der Waals surface area contributed by atoms with Crippen molar-refractivity contribution in [1.82, 2.24) is 4.90 Å².